The predicted molar refractivity (Wildman–Crippen MR) is 82.8 cm³/mol. The summed E-state index contributed by atoms with van der Waals surface area (Å²) < 4.78 is 2.37. The Labute approximate surface area is 120 Å². The summed E-state index contributed by atoms with van der Waals surface area (Å²) >= 11 is 0. The molecule has 2 N–H and O–H groups in total. The Kier molecular flexibility index (Phi) is 3.38. The van der Waals surface area contributed by atoms with Gasteiger partial charge in [0, 0.05) is 29.8 Å². The average Bonchev–Trinajstić information content (AvgIpc) is 2.79. The van der Waals surface area contributed by atoms with Crippen molar-refractivity contribution in [2.24, 2.45) is 5.73 Å². The molecule has 3 nitrogen and oxygen atoms in total. The van der Waals surface area contributed by atoms with Crippen LogP contribution in [0.2, 0.25) is 0 Å². The van der Waals surface area contributed by atoms with Gasteiger partial charge < -0.3 is 10.3 Å². The molecule has 1 aromatic heterocycles. The van der Waals surface area contributed by atoms with E-state index in [2.05, 4.69) is 49.6 Å². The minimum Gasteiger partial charge on any atom is -0.329 e. The van der Waals surface area contributed by atoms with Crippen molar-refractivity contribution in [1.29, 1.82) is 0 Å². The Morgan fingerprint density at radius 3 is 2.60 bits per heavy atom. The summed E-state index contributed by atoms with van der Waals surface area (Å²) in [7, 11) is 0. The first-order chi connectivity index (χ1) is 9.58. The summed E-state index contributed by atoms with van der Waals surface area (Å²) in [5, 5.41) is 0. The fraction of sp³-hybridized carbons (Fsp3) is 0.471. The van der Waals surface area contributed by atoms with Gasteiger partial charge in [0.2, 0.25) is 0 Å². The molecule has 0 radical (unpaired) electrons. The third-order valence-corrected chi connectivity index (χ3v) is 4.14. The SMILES string of the molecule is CC(C)c1c(-c2ccccc2)nc2n1CC(N)CC2C. The number of imidazole rings is 1. The fourth-order valence-corrected chi connectivity index (χ4v) is 3.31. The van der Waals surface area contributed by atoms with Crippen molar-refractivity contribution in [2.75, 3.05) is 0 Å². The van der Waals surface area contributed by atoms with E-state index in [0.29, 0.717) is 11.8 Å². The summed E-state index contributed by atoms with van der Waals surface area (Å²) in [5.41, 5.74) is 9.88. The van der Waals surface area contributed by atoms with Crippen molar-refractivity contribution in [3.63, 3.8) is 0 Å². The maximum absolute atomic E-state index is 6.21. The Morgan fingerprint density at radius 2 is 1.95 bits per heavy atom. The molecule has 0 amide bonds. The minimum absolute atomic E-state index is 0.243. The summed E-state index contributed by atoms with van der Waals surface area (Å²) in [4.78, 5) is 4.97. The van der Waals surface area contributed by atoms with E-state index in [1.54, 1.807) is 0 Å². The van der Waals surface area contributed by atoms with Crippen LogP contribution in [-0.2, 0) is 6.54 Å². The van der Waals surface area contributed by atoms with Gasteiger partial charge in [0.1, 0.15) is 5.82 Å². The maximum Gasteiger partial charge on any atom is 0.112 e. The number of rotatable bonds is 2. The summed E-state index contributed by atoms with van der Waals surface area (Å²) in [6.45, 7) is 7.60. The van der Waals surface area contributed by atoms with Crippen LogP contribution in [0.3, 0.4) is 0 Å². The Morgan fingerprint density at radius 1 is 1.25 bits per heavy atom. The molecule has 0 aliphatic carbocycles. The van der Waals surface area contributed by atoms with E-state index in [1.165, 1.54) is 17.1 Å². The smallest absolute Gasteiger partial charge is 0.112 e. The topological polar surface area (TPSA) is 43.8 Å². The zero-order chi connectivity index (χ0) is 14.3. The molecule has 1 aliphatic rings. The Bertz CT molecular complexity index is 598. The summed E-state index contributed by atoms with van der Waals surface area (Å²) in [6.07, 6.45) is 1.03. The molecule has 20 heavy (non-hydrogen) atoms. The van der Waals surface area contributed by atoms with Gasteiger partial charge in [-0.05, 0) is 12.3 Å². The number of aromatic nitrogens is 2. The number of nitrogens with two attached hydrogens (primary N) is 1. The normalized spacial score (nSPS) is 22.1. The highest BCUT2D eigenvalue weighted by atomic mass is 15.1. The van der Waals surface area contributed by atoms with Crippen molar-refractivity contribution >= 4 is 0 Å². The van der Waals surface area contributed by atoms with Crippen molar-refractivity contribution in [3.05, 3.63) is 41.9 Å². The lowest BCUT2D eigenvalue weighted by Crippen LogP contribution is -2.34. The maximum atomic E-state index is 6.21. The van der Waals surface area contributed by atoms with Gasteiger partial charge in [-0.2, -0.15) is 0 Å². The number of nitrogens with zero attached hydrogens (tertiary/aromatic N) is 2. The van der Waals surface area contributed by atoms with Gasteiger partial charge >= 0.3 is 0 Å². The second-order valence-corrected chi connectivity index (χ2v) is 6.23. The second-order valence-electron chi connectivity index (χ2n) is 6.23. The molecule has 1 aromatic carbocycles. The van der Waals surface area contributed by atoms with Crippen LogP contribution in [0.25, 0.3) is 11.3 Å². The molecule has 3 rings (SSSR count). The van der Waals surface area contributed by atoms with Crippen molar-refractivity contribution in [2.45, 2.75) is 51.6 Å². The molecule has 1 aliphatic heterocycles. The molecule has 0 saturated carbocycles. The fourth-order valence-electron chi connectivity index (χ4n) is 3.31. The predicted octanol–water partition coefficient (Wildman–Crippen LogP) is 3.51. The first-order valence-electron chi connectivity index (χ1n) is 7.49. The third-order valence-electron chi connectivity index (χ3n) is 4.14. The lowest BCUT2D eigenvalue weighted by molar-refractivity contribution is 0.397. The van der Waals surface area contributed by atoms with Crippen LogP contribution in [-0.4, -0.2) is 15.6 Å². The van der Waals surface area contributed by atoms with Crippen LogP contribution in [0.5, 0.6) is 0 Å². The van der Waals surface area contributed by atoms with E-state index in [0.717, 1.165) is 18.7 Å². The van der Waals surface area contributed by atoms with Gasteiger partial charge in [-0.15, -0.1) is 0 Å². The molecule has 3 heteroatoms. The van der Waals surface area contributed by atoms with E-state index >= 15 is 0 Å². The zero-order valence-electron chi connectivity index (χ0n) is 12.5. The molecule has 0 saturated heterocycles. The first kappa shape index (κ1) is 13.4. The molecule has 2 unspecified atom stereocenters. The lowest BCUT2D eigenvalue weighted by atomic mass is 9.97. The summed E-state index contributed by atoms with van der Waals surface area (Å²) in [6, 6.07) is 10.7. The largest absolute Gasteiger partial charge is 0.329 e. The molecule has 0 spiro atoms. The molecule has 0 fully saturated rings. The number of hydrogen-bond acceptors (Lipinski definition) is 2. The highest BCUT2D eigenvalue weighted by Gasteiger charge is 2.29. The van der Waals surface area contributed by atoms with Crippen molar-refractivity contribution in [1.82, 2.24) is 9.55 Å². The van der Waals surface area contributed by atoms with E-state index in [1.807, 2.05) is 6.07 Å². The van der Waals surface area contributed by atoms with Crippen molar-refractivity contribution < 1.29 is 0 Å². The molecule has 0 bridgehead atoms. The quantitative estimate of drug-likeness (QED) is 0.906. The number of benzene rings is 1. The van der Waals surface area contributed by atoms with E-state index in [4.69, 9.17) is 10.7 Å². The van der Waals surface area contributed by atoms with Gasteiger partial charge in [0.25, 0.3) is 0 Å². The van der Waals surface area contributed by atoms with Gasteiger partial charge in [0.15, 0.2) is 0 Å². The van der Waals surface area contributed by atoms with Crippen LogP contribution in [0.15, 0.2) is 30.3 Å². The van der Waals surface area contributed by atoms with Crippen LogP contribution >= 0.6 is 0 Å². The standard InChI is InChI=1S/C17H23N3/c1-11(2)16-15(13-7-5-4-6-8-13)19-17-12(3)9-14(18)10-20(16)17/h4-8,11-12,14H,9-10,18H2,1-3H3. The monoisotopic (exact) mass is 269 g/mol. The van der Waals surface area contributed by atoms with E-state index in [-0.39, 0.29) is 6.04 Å². The molecule has 2 heterocycles. The van der Waals surface area contributed by atoms with Gasteiger partial charge in [0.05, 0.1) is 5.69 Å². The first-order valence-corrected chi connectivity index (χ1v) is 7.49. The molecule has 106 valence electrons. The highest BCUT2D eigenvalue weighted by molar-refractivity contribution is 5.63. The van der Waals surface area contributed by atoms with Crippen LogP contribution < -0.4 is 5.73 Å². The van der Waals surface area contributed by atoms with Crippen LogP contribution in [0.4, 0.5) is 0 Å². The zero-order valence-corrected chi connectivity index (χ0v) is 12.5. The third kappa shape index (κ3) is 2.16. The second kappa shape index (κ2) is 5.06. The van der Waals surface area contributed by atoms with Crippen molar-refractivity contribution in [3.8, 4) is 11.3 Å². The Hall–Kier alpha value is -1.61. The van der Waals surface area contributed by atoms with Gasteiger partial charge in [-0.1, -0.05) is 51.1 Å². The number of hydrogen-bond donors (Lipinski definition) is 1. The molecular formula is C17H23N3. The minimum atomic E-state index is 0.243. The Balaban J connectivity index is 2.19. The number of fused-ring (bicyclic) bond motifs is 1. The average molecular weight is 269 g/mol. The lowest BCUT2D eigenvalue weighted by Gasteiger charge is -2.27. The molecule has 2 aromatic rings. The summed E-state index contributed by atoms with van der Waals surface area (Å²) in [5.74, 6) is 2.09. The van der Waals surface area contributed by atoms with Crippen LogP contribution in [0, 0.1) is 0 Å². The van der Waals surface area contributed by atoms with E-state index in [9.17, 15) is 0 Å². The van der Waals surface area contributed by atoms with Crippen LogP contribution in [0.1, 0.15) is 50.5 Å². The van der Waals surface area contributed by atoms with Gasteiger partial charge in [-0.25, -0.2) is 4.98 Å². The van der Waals surface area contributed by atoms with E-state index < -0.39 is 0 Å². The molecule has 2 atom stereocenters. The molecular weight excluding hydrogens is 246 g/mol. The highest BCUT2D eigenvalue weighted by Crippen LogP contribution is 2.35. The van der Waals surface area contributed by atoms with Gasteiger partial charge in [-0.3, -0.25) is 0 Å².